The van der Waals surface area contributed by atoms with Crippen molar-refractivity contribution < 1.29 is 0 Å². The van der Waals surface area contributed by atoms with Crippen LogP contribution >= 0.6 is 11.3 Å². The van der Waals surface area contributed by atoms with E-state index in [1.54, 1.807) is 11.3 Å². The number of benzene rings is 1. The van der Waals surface area contributed by atoms with Gasteiger partial charge in [-0.15, -0.1) is 0 Å². The molecule has 2 aromatic rings. The highest BCUT2D eigenvalue weighted by atomic mass is 32.1. The lowest BCUT2D eigenvalue weighted by molar-refractivity contribution is 0.753. The first-order chi connectivity index (χ1) is 7.85. The van der Waals surface area contributed by atoms with Gasteiger partial charge in [0.1, 0.15) is 0 Å². The van der Waals surface area contributed by atoms with Crippen LogP contribution in [0, 0.1) is 0 Å². The molecular weight excluding hydrogens is 218 g/mol. The highest BCUT2D eigenvalue weighted by Gasteiger charge is 2.09. The Kier molecular flexibility index (Phi) is 3.74. The Labute approximate surface area is 99.9 Å². The van der Waals surface area contributed by atoms with E-state index >= 15 is 0 Å². The molecule has 1 aromatic heterocycles. The summed E-state index contributed by atoms with van der Waals surface area (Å²) in [7, 11) is 0. The van der Waals surface area contributed by atoms with Crippen LogP contribution < -0.4 is 10.6 Å². The van der Waals surface area contributed by atoms with Crippen LogP contribution in [0.5, 0.6) is 0 Å². The van der Waals surface area contributed by atoms with Crippen LogP contribution in [0.25, 0.3) is 10.2 Å². The van der Waals surface area contributed by atoms with Gasteiger partial charge in [0.15, 0.2) is 5.13 Å². The van der Waals surface area contributed by atoms with Crippen molar-refractivity contribution in [2.45, 2.75) is 13.3 Å². The number of thiazole rings is 1. The Balaban J connectivity index is 2.23. The summed E-state index contributed by atoms with van der Waals surface area (Å²) in [6.07, 6.45) is 1.02. The third kappa shape index (κ3) is 2.33. The Morgan fingerprint density at radius 3 is 2.88 bits per heavy atom. The lowest BCUT2D eigenvalue weighted by Gasteiger charge is -2.18. The molecule has 0 unspecified atom stereocenters. The lowest BCUT2D eigenvalue weighted by atomic mass is 10.3. The van der Waals surface area contributed by atoms with Gasteiger partial charge in [-0.3, -0.25) is 0 Å². The maximum absolute atomic E-state index is 5.54. The summed E-state index contributed by atoms with van der Waals surface area (Å²) in [6, 6.07) is 8.27. The van der Waals surface area contributed by atoms with Crippen molar-refractivity contribution in [2.75, 3.05) is 24.5 Å². The SMILES string of the molecule is CCN(CCCN)c1nc2ccccc2s1. The van der Waals surface area contributed by atoms with Gasteiger partial charge >= 0.3 is 0 Å². The van der Waals surface area contributed by atoms with Crippen molar-refractivity contribution >= 4 is 26.7 Å². The third-order valence-electron chi connectivity index (χ3n) is 2.57. The van der Waals surface area contributed by atoms with Crippen LogP contribution in [0.15, 0.2) is 24.3 Å². The number of hydrogen-bond acceptors (Lipinski definition) is 4. The zero-order valence-corrected chi connectivity index (χ0v) is 10.3. The minimum atomic E-state index is 0.737. The monoisotopic (exact) mass is 235 g/mol. The van der Waals surface area contributed by atoms with E-state index < -0.39 is 0 Å². The molecule has 86 valence electrons. The molecule has 0 aliphatic rings. The molecule has 0 bridgehead atoms. The molecule has 0 saturated heterocycles. The van der Waals surface area contributed by atoms with E-state index in [0.717, 1.165) is 36.7 Å². The van der Waals surface area contributed by atoms with E-state index in [4.69, 9.17) is 5.73 Å². The van der Waals surface area contributed by atoms with Crippen LogP contribution in [-0.4, -0.2) is 24.6 Å². The third-order valence-corrected chi connectivity index (χ3v) is 3.66. The molecule has 2 N–H and O–H groups in total. The van der Waals surface area contributed by atoms with Crippen molar-refractivity contribution in [3.8, 4) is 0 Å². The maximum atomic E-state index is 5.54. The Hall–Kier alpha value is -1.13. The van der Waals surface area contributed by atoms with Crippen LogP contribution in [-0.2, 0) is 0 Å². The lowest BCUT2D eigenvalue weighted by Crippen LogP contribution is -2.25. The normalized spacial score (nSPS) is 10.9. The molecule has 4 heteroatoms. The minimum absolute atomic E-state index is 0.737. The highest BCUT2D eigenvalue weighted by Crippen LogP contribution is 2.28. The predicted molar refractivity (Wildman–Crippen MR) is 71.2 cm³/mol. The quantitative estimate of drug-likeness (QED) is 0.865. The van der Waals surface area contributed by atoms with Crippen LogP contribution in [0.4, 0.5) is 5.13 Å². The van der Waals surface area contributed by atoms with Crippen LogP contribution in [0.1, 0.15) is 13.3 Å². The number of anilines is 1. The fourth-order valence-electron chi connectivity index (χ4n) is 1.67. The first kappa shape index (κ1) is 11.4. The van der Waals surface area contributed by atoms with Gasteiger partial charge in [-0.25, -0.2) is 4.98 Å². The summed E-state index contributed by atoms with van der Waals surface area (Å²) in [5.74, 6) is 0. The fourth-order valence-corrected chi connectivity index (χ4v) is 2.72. The van der Waals surface area contributed by atoms with E-state index in [9.17, 15) is 0 Å². The zero-order valence-electron chi connectivity index (χ0n) is 9.52. The molecule has 2 rings (SSSR count). The fraction of sp³-hybridized carbons (Fsp3) is 0.417. The second kappa shape index (κ2) is 5.27. The van der Waals surface area contributed by atoms with E-state index in [2.05, 4.69) is 35.0 Å². The van der Waals surface area contributed by atoms with Gasteiger partial charge in [0, 0.05) is 13.1 Å². The first-order valence-electron chi connectivity index (χ1n) is 5.65. The molecule has 0 aliphatic heterocycles. The van der Waals surface area contributed by atoms with E-state index in [0.29, 0.717) is 0 Å². The summed E-state index contributed by atoms with van der Waals surface area (Å²) in [6.45, 7) is 4.87. The summed E-state index contributed by atoms with van der Waals surface area (Å²) in [5.41, 5.74) is 6.63. The summed E-state index contributed by atoms with van der Waals surface area (Å²) in [5, 5.41) is 1.11. The average Bonchev–Trinajstić information content (AvgIpc) is 2.73. The molecule has 0 fully saturated rings. The van der Waals surface area contributed by atoms with Gasteiger partial charge in [-0.2, -0.15) is 0 Å². The molecule has 0 spiro atoms. The summed E-state index contributed by atoms with van der Waals surface area (Å²) in [4.78, 5) is 6.93. The molecule has 3 nitrogen and oxygen atoms in total. The smallest absolute Gasteiger partial charge is 0.186 e. The van der Waals surface area contributed by atoms with E-state index in [-0.39, 0.29) is 0 Å². The van der Waals surface area contributed by atoms with Gasteiger partial charge in [-0.1, -0.05) is 23.5 Å². The van der Waals surface area contributed by atoms with E-state index in [1.807, 2.05) is 6.07 Å². The Morgan fingerprint density at radius 1 is 1.38 bits per heavy atom. The molecule has 0 aliphatic carbocycles. The second-order valence-corrected chi connectivity index (χ2v) is 4.70. The Morgan fingerprint density at radius 2 is 2.19 bits per heavy atom. The summed E-state index contributed by atoms with van der Waals surface area (Å²) < 4.78 is 1.25. The number of rotatable bonds is 5. The Bertz CT molecular complexity index is 419. The molecule has 0 saturated carbocycles. The van der Waals surface area contributed by atoms with Crippen molar-refractivity contribution in [3.05, 3.63) is 24.3 Å². The largest absolute Gasteiger partial charge is 0.348 e. The van der Waals surface area contributed by atoms with Crippen molar-refractivity contribution in [1.82, 2.24) is 4.98 Å². The number of aromatic nitrogens is 1. The number of fused-ring (bicyclic) bond motifs is 1. The van der Waals surface area contributed by atoms with Crippen molar-refractivity contribution in [2.24, 2.45) is 5.73 Å². The number of nitrogens with two attached hydrogens (primary N) is 1. The molecular formula is C12H17N3S. The number of hydrogen-bond donors (Lipinski definition) is 1. The topological polar surface area (TPSA) is 42.1 Å². The van der Waals surface area contributed by atoms with Gasteiger partial charge in [0.05, 0.1) is 10.2 Å². The molecule has 0 amide bonds. The minimum Gasteiger partial charge on any atom is -0.348 e. The standard InChI is InChI=1S/C12H17N3S/c1-2-15(9-5-8-13)12-14-10-6-3-4-7-11(10)16-12/h3-4,6-7H,2,5,8-9,13H2,1H3. The van der Waals surface area contributed by atoms with Crippen molar-refractivity contribution in [1.29, 1.82) is 0 Å². The highest BCUT2D eigenvalue weighted by molar-refractivity contribution is 7.22. The molecule has 0 radical (unpaired) electrons. The average molecular weight is 235 g/mol. The van der Waals surface area contributed by atoms with Crippen LogP contribution in [0.2, 0.25) is 0 Å². The van der Waals surface area contributed by atoms with Crippen molar-refractivity contribution in [3.63, 3.8) is 0 Å². The number of nitrogens with zero attached hydrogens (tertiary/aromatic N) is 2. The predicted octanol–water partition coefficient (Wildman–Crippen LogP) is 2.47. The van der Waals surface area contributed by atoms with Gasteiger partial charge in [0.25, 0.3) is 0 Å². The first-order valence-corrected chi connectivity index (χ1v) is 6.47. The molecule has 16 heavy (non-hydrogen) atoms. The summed E-state index contributed by atoms with van der Waals surface area (Å²) >= 11 is 1.75. The molecule has 1 aromatic carbocycles. The zero-order chi connectivity index (χ0) is 11.4. The van der Waals surface area contributed by atoms with Crippen LogP contribution in [0.3, 0.4) is 0 Å². The van der Waals surface area contributed by atoms with Gasteiger partial charge in [0.2, 0.25) is 0 Å². The van der Waals surface area contributed by atoms with Gasteiger partial charge in [-0.05, 0) is 32.0 Å². The second-order valence-electron chi connectivity index (χ2n) is 3.69. The van der Waals surface area contributed by atoms with E-state index in [1.165, 1.54) is 4.70 Å². The van der Waals surface area contributed by atoms with Gasteiger partial charge < -0.3 is 10.6 Å². The number of para-hydroxylation sites is 1. The molecule has 0 atom stereocenters. The maximum Gasteiger partial charge on any atom is 0.186 e. The molecule has 1 heterocycles.